The van der Waals surface area contributed by atoms with Gasteiger partial charge in [-0.2, -0.15) is 18.2 Å². The SMILES string of the molecule is CC(C)=CCCC(C)=CCOc1ccc(-c2noc(C3CCCN3C(=O)O)n2)cc1C(F)(F)F. The molecule has 0 radical (unpaired) electrons. The lowest BCUT2D eigenvalue weighted by atomic mass is 10.1. The largest absolute Gasteiger partial charge is 0.489 e. The van der Waals surface area contributed by atoms with E-state index in [1.54, 1.807) is 6.08 Å². The Morgan fingerprint density at radius 2 is 2.06 bits per heavy atom. The fraction of sp³-hybridized carbons (Fsp3) is 0.458. The number of allylic oxidation sites excluding steroid dienone is 3. The topological polar surface area (TPSA) is 88.7 Å². The summed E-state index contributed by atoms with van der Waals surface area (Å²) in [5, 5.41) is 13.1. The van der Waals surface area contributed by atoms with Gasteiger partial charge in [-0.1, -0.05) is 22.4 Å². The number of carboxylic acid groups (broad SMARTS) is 1. The van der Waals surface area contributed by atoms with Crippen LogP contribution in [-0.2, 0) is 6.18 Å². The first kappa shape index (κ1) is 25.3. The lowest BCUT2D eigenvalue weighted by Gasteiger charge is -2.17. The van der Waals surface area contributed by atoms with Crippen LogP contribution in [-0.4, -0.2) is 39.4 Å². The summed E-state index contributed by atoms with van der Waals surface area (Å²) in [6.07, 6.45) is 0.945. The second kappa shape index (κ2) is 10.8. The number of aromatic nitrogens is 2. The van der Waals surface area contributed by atoms with Gasteiger partial charge in [-0.15, -0.1) is 0 Å². The molecule has 0 aliphatic carbocycles. The minimum Gasteiger partial charge on any atom is -0.489 e. The van der Waals surface area contributed by atoms with E-state index in [0.29, 0.717) is 19.4 Å². The van der Waals surface area contributed by atoms with Crippen LogP contribution in [0.4, 0.5) is 18.0 Å². The quantitative estimate of drug-likeness (QED) is 0.427. The number of rotatable bonds is 8. The monoisotopic (exact) mass is 479 g/mol. The van der Waals surface area contributed by atoms with Gasteiger partial charge in [-0.3, -0.25) is 4.90 Å². The molecule has 1 aliphatic heterocycles. The number of hydrogen-bond donors (Lipinski definition) is 1. The van der Waals surface area contributed by atoms with Crippen molar-refractivity contribution in [1.29, 1.82) is 0 Å². The highest BCUT2D eigenvalue weighted by atomic mass is 19.4. The maximum Gasteiger partial charge on any atom is 0.419 e. The Morgan fingerprint density at radius 1 is 1.29 bits per heavy atom. The number of alkyl halides is 3. The van der Waals surface area contributed by atoms with E-state index in [9.17, 15) is 23.1 Å². The standard InChI is InChI=1S/C24H28F3N3O4/c1-15(2)6-4-7-16(3)11-13-33-20-10-9-17(14-18(20)24(25,26)27)21-28-22(34-29-21)19-8-5-12-30(19)23(31)32/h6,9-11,14,19H,4-5,7-8,12-13H2,1-3H3,(H,31,32). The maximum atomic E-state index is 13.7. The molecule has 1 atom stereocenters. The van der Waals surface area contributed by atoms with Crippen LogP contribution in [0, 0.1) is 0 Å². The van der Waals surface area contributed by atoms with E-state index in [0.717, 1.165) is 24.5 Å². The van der Waals surface area contributed by atoms with Crippen LogP contribution < -0.4 is 4.74 Å². The van der Waals surface area contributed by atoms with Crippen LogP contribution in [0.3, 0.4) is 0 Å². The lowest BCUT2D eigenvalue weighted by molar-refractivity contribution is -0.138. The van der Waals surface area contributed by atoms with E-state index in [4.69, 9.17) is 9.26 Å². The number of nitrogens with zero attached hydrogens (tertiary/aromatic N) is 3. The minimum absolute atomic E-state index is 0.0160. The smallest absolute Gasteiger partial charge is 0.419 e. The molecule has 1 unspecified atom stereocenters. The van der Waals surface area contributed by atoms with Crippen molar-refractivity contribution in [2.45, 2.75) is 58.7 Å². The first-order valence-corrected chi connectivity index (χ1v) is 11.0. The van der Waals surface area contributed by atoms with Crippen LogP contribution in [0.1, 0.15) is 64.0 Å². The van der Waals surface area contributed by atoms with Gasteiger partial charge < -0.3 is 14.4 Å². The van der Waals surface area contributed by atoms with Gasteiger partial charge in [0.05, 0.1) is 5.56 Å². The summed E-state index contributed by atoms with van der Waals surface area (Å²) in [5.74, 6) is -0.266. The molecular weight excluding hydrogens is 451 g/mol. The fourth-order valence-electron chi connectivity index (χ4n) is 3.72. The molecule has 34 heavy (non-hydrogen) atoms. The van der Waals surface area contributed by atoms with Gasteiger partial charge in [0.25, 0.3) is 0 Å². The van der Waals surface area contributed by atoms with Crippen LogP contribution in [0.15, 0.2) is 46.0 Å². The zero-order valence-corrected chi connectivity index (χ0v) is 19.4. The second-order valence-electron chi connectivity index (χ2n) is 8.48. The molecule has 1 aromatic carbocycles. The fourth-order valence-corrected chi connectivity index (χ4v) is 3.72. The normalized spacial score (nSPS) is 16.6. The molecule has 3 rings (SSSR count). The summed E-state index contributed by atoms with van der Waals surface area (Å²) in [5.41, 5.74) is 1.41. The Kier molecular flexibility index (Phi) is 8.01. The van der Waals surface area contributed by atoms with Gasteiger partial charge in [0, 0.05) is 12.1 Å². The number of likely N-dealkylation sites (tertiary alicyclic amines) is 1. The molecule has 1 amide bonds. The Balaban J connectivity index is 1.76. The maximum absolute atomic E-state index is 13.7. The Labute approximate surface area is 195 Å². The molecule has 1 aliphatic rings. The third-order valence-corrected chi connectivity index (χ3v) is 5.53. The third kappa shape index (κ3) is 6.39. The molecule has 1 aromatic heterocycles. The summed E-state index contributed by atoms with van der Waals surface area (Å²) >= 11 is 0. The summed E-state index contributed by atoms with van der Waals surface area (Å²) < 4.78 is 51.8. The van der Waals surface area contributed by atoms with E-state index in [2.05, 4.69) is 16.2 Å². The predicted octanol–water partition coefficient (Wildman–Crippen LogP) is 6.64. The van der Waals surface area contributed by atoms with Gasteiger partial charge in [-0.25, -0.2) is 4.79 Å². The number of hydrogen-bond acceptors (Lipinski definition) is 5. The summed E-state index contributed by atoms with van der Waals surface area (Å²) in [7, 11) is 0. The molecule has 2 aromatic rings. The number of carbonyl (C=O) groups is 1. The van der Waals surface area contributed by atoms with Crippen molar-refractivity contribution in [1.82, 2.24) is 15.0 Å². The minimum atomic E-state index is -4.65. The zero-order chi connectivity index (χ0) is 24.9. The Hall–Kier alpha value is -3.30. The van der Waals surface area contributed by atoms with Crippen LogP contribution >= 0.6 is 0 Å². The average molecular weight is 479 g/mol. The number of benzene rings is 1. The van der Waals surface area contributed by atoms with E-state index >= 15 is 0 Å². The first-order chi connectivity index (χ1) is 16.1. The van der Waals surface area contributed by atoms with Gasteiger partial charge in [0.1, 0.15) is 18.4 Å². The molecule has 1 saturated heterocycles. The average Bonchev–Trinajstić information content (AvgIpc) is 3.42. The third-order valence-electron chi connectivity index (χ3n) is 5.53. The summed E-state index contributed by atoms with van der Waals surface area (Å²) in [4.78, 5) is 16.7. The van der Waals surface area contributed by atoms with Gasteiger partial charge in [0.15, 0.2) is 0 Å². The van der Waals surface area contributed by atoms with Crippen LogP contribution in [0.5, 0.6) is 5.75 Å². The van der Waals surface area contributed by atoms with Crippen molar-refractivity contribution in [2.75, 3.05) is 13.2 Å². The Bertz CT molecular complexity index is 1070. The predicted molar refractivity (Wildman–Crippen MR) is 119 cm³/mol. The molecule has 1 N–H and O–H groups in total. The second-order valence-corrected chi connectivity index (χ2v) is 8.48. The molecule has 184 valence electrons. The number of ether oxygens (including phenoxy) is 1. The number of halogens is 3. The van der Waals surface area contributed by atoms with E-state index in [1.807, 2.05) is 20.8 Å². The summed E-state index contributed by atoms with van der Waals surface area (Å²) in [6, 6.07) is 2.97. The van der Waals surface area contributed by atoms with Crippen molar-refractivity contribution in [3.8, 4) is 17.1 Å². The summed E-state index contributed by atoms with van der Waals surface area (Å²) in [6.45, 7) is 6.30. The molecular formula is C24H28F3N3O4. The highest BCUT2D eigenvalue weighted by Crippen LogP contribution is 2.39. The van der Waals surface area contributed by atoms with Crippen LogP contribution in [0.25, 0.3) is 11.4 Å². The van der Waals surface area contributed by atoms with E-state index in [1.165, 1.54) is 22.6 Å². The highest BCUT2D eigenvalue weighted by Gasteiger charge is 2.36. The highest BCUT2D eigenvalue weighted by molar-refractivity contribution is 5.66. The van der Waals surface area contributed by atoms with Crippen molar-refractivity contribution in [3.63, 3.8) is 0 Å². The molecule has 10 heteroatoms. The van der Waals surface area contributed by atoms with E-state index < -0.39 is 23.9 Å². The molecule has 0 spiro atoms. The van der Waals surface area contributed by atoms with Gasteiger partial charge in [0.2, 0.25) is 11.7 Å². The molecule has 1 fully saturated rings. The van der Waals surface area contributed by atoms with Crippen LogP contribution in [0.2, 0.25) is 0 Å². The first-order valence-electron chi connectivity index (χ1n) is 11.0. The number of amides is 1. The lowest BCUT2D eigenvalue weighted by Crippen LogP contribution is -2.28. The Morgan fingerprint density at radius 3 is 2.74 bits per heavy atom. The zero-order valence-electron chi connectivity index (χ0n) is 19.4. The van der Waals surface area contributed by atoms with Crippen molar-refractivity contribution >= 4 is 6.09 Å². The molecule has 0 bridgehead atoms. The molecule has 2 heterocycles. The molecule has 7 nitrogen and oxygen atoms in total. The molecule has 0 saturated carbocycles. The van der Waals surface area contributed by atoms with Gasteiger partial charge >= 0.3 is 12.3 Å². The van der Waals surface area contributed by atoms with Crippen molar-refractivity contribution in [3.05, 3.63) is 53.0 Å². The van der Waals surface area contributed by atoms with Gasteiger partial charge in [-0.05, 0) is 70.7 Å². The van der Waals surface area contributed by atoms with Crippen molar-refractivity contribution in [2.24, 2.45) is 0 Å². The van der Waals surface area contributed by atoms with Crippen molar-refractivity contribution < 1.29 is 32.3 Å². The van der Waals surface area contributed by atoms with E-state index in [-0.39, 0.29) is 29.6 Å².